The highest BCUT2D eigenvalue weighted by molar-refractivity contribution is 5.79. The maximum atomic E-state index is 15.0. The van der Waals surface area contributed by atoms with Crippen LogP contribution in [0.25, 0.3) is 28.0 Å². The van der Waals surface area contributed by atoms with Crippen LogP contribution in [0.3, 0.4) is 0 Å². The van der Waals surface area contributed by atoms with Gasteiger partial charge in [0.05, 0.1) is 63.4 Å². The Hall–Kier alpha value is -4.77. The number of aromatic nitrogens is 2. The number of fused-ring (bicyclic) bond motifs is 1. The maximum absolute atomic E-state index is 15.0. The molecule has 1 aliphatic heterocycles. The third-order valence-corrected chi connectivity index (χ3v) is 9.54. The van der Waals surface area contributed by atoms with Crippen molar-refractivity contribution in [3.8, 4) is 28.1 Å². The van der Waals surface area contributed by atoms with Crippen LogP contribution < -0.4 is 4.90 Å². The van der Waals surface area contributed by atoms with Gasteiger partial charge in [0, 0.05) is 30.4 Å². The molecule has 268 valence electrons. The first kappa shape index (κ1) is 36.0. The van der Waals surface area contributed by atoms with Crippen LogP contribution in [-0.2, 0) is 36.8 Å². The van der Waals surface area contributed by atoms with E-state index >= 15 is 0 Å². The second-order valence-corrected chi connectivity index (χ2v) is 13.4. The van der Waals surface area contributed by atoms with Crippen LogP contribution in [-0.4, -0.2) is 72.7 Å². The lowest BCUT2D eigenvalue weighted by Crippen LogP contribution is -2.45. The molecule has 10 heteroatoms. The molecule has 9 nitrogen and oxygen atoms in total. The van der Waals surface area contributed by atoms with Crippen molar-refractivity contribution < 1.29 is 33.2 Å². The van der Waals surface area contributed by atoms with Gasteiger partial charge in [0.25, 0.3) is 0 Å². The fraction of sp³-hybridized carbons (Fsp3) is 0.366. The van der Waals surface area contributed by atoms with Gasteiger partial charge >= 0.3 is 5.97 Å². The van der Waals surface area contributed by atoms with Gasteiger partial charge in [0.2, 0.25) is 0 Å². The van der Waals surface area contributed by atoms with E-state index in [-0.39, 0.29) is 29.3 Å². The van der Waals surface area contributed by atoms with Crippen molar-refractivity contribution >= 4 is 17.4 Å². The third-order valence-electron chi connectivity index (χ3n) is 9.54. The normalized spacial score (nSPS) is 14.3. The second kappa shape index (κ2) is 16.1. The summed E-state index contributed by atoms with van der Waals surface area (Å²) in [5.74, 6) is -0.0127. The molecule has 51 heavy (non-hydrogen) atoms. The molecule has 1 saturated heterocycles. The fourth-order valence-electron chi connectivity index (χ4n) is 6.70. The molecule has 0 spiro atoms. The number of rotatable bonds is 14. The Bertz CT molecular complexity index is 1950. The average molecular weight is 696 g/mol. The van der Waals surface area contributed by atoms with Crippen molar-refractivity contribution in [3.63, 3.8) is 0 Å². The topological polar surface area (TPSA) is 94.8 Å². The monoisotopic (exact) mass is 695 g/mol. The average Bonchev–Trinajstić information content (AvgIpc) is 3.54. The molecule has 0 bridgehead atoms. The van der Waals surface area contributed by atoms with Crippen LogP contribution in [0.5, 0.6) is 5.75 Å². The highest BCUT2D eigenvalue weighted by Gasteiger charge is 2.33. The van der Waals surface area contributed by atoms with Crippen molar-refractivity contribution in [3.05, 3.63) is 107 Å². The fourth-order valence-corrected chi connectivity index (χ4v) is 6.70. The lowest BCUT2D eigenvalue weighted by Gasteiger charge is -2.41. The number of halogens is 1. The van der Waals surface area contributed by atoms with E-state index in [0.29, 0.717) is 62.9 Å². The Balaban J connectivity index is 1.16. The van der Waals surface area contributed by atoms with E-state index in [1.54, 1.807) is 19.1 Å². The number of ether oxygens (including phenoxy) is 4. The molecule has 1 aliphatic rings. The number of phenolic OH excluding ortho intramolecular Hbond substituents is 1. The summed E-state index contributed by atoms with van der Waals surface area (Å²) in [6, 6.07) is 22.4. The number of aryl methyl sites for hydroxylation is 2. The summed E-state index contributed by atoms with van der Waals surface area (Å²) >= 11 is 0. The first-order chi connectivity index (χ1) is 24.6. The van der Waals surface area contributed by atoms with Crippen molar-refractivity contribution in [2.24, 2.45) is 0 Å². The number of phenols is 1. The van der Waals surface area contributed by atoms with Crippen molar-refractivity contribution in [2.75, 3.05) is 51.5 Å². The van der Waals surface area contributed by atoms with E-state index in [1.165, 1.54) is 13.2 Å². The summed E-state index contributed by atoms with van der Waals surface area (Å²) in [6.07, 6.45) is 3.66. The number of aromatic hydroxyl groups is 1. The minimum atomic E-state index is -0.484. The Labute approximate surface area is 298 Å². The largest absolute Gasteiger partial charge is 0.507 e. The zero-order chi connectivity index (χ0) is 36.0. The molecule has 5 aromatic rings. The zero-order valence-corrected chi connectivity index (χ0v) is 29.8. The Kier molecular flexibility index (Phi) is 11.3. The number of esters is 1. The molecule has 0 saturated carbocycles. The number of benzene rings is 3. The SMILES string of the molecule is COC(=O)Cc1c(C)cc2nc(-c3cccc(-c4c(O)cc(C)cc4F)c3)cn2c1N1CCC(C)(OCCOCCOCc2ccccc2)CC1. The predicted molar refractivity (Wildman–Crippen MR) is 196 cm³/mol. The number of anilines is 1. The van der Waals surface area contributed by atoms with Crippen LogP contribution >= 0.6 is 0 Å². The first-order valence-electron chi connectivity index (χ1n) is 17.4. The highest BCUT2D eigenvalue weighted by atomic mass is 19.1. The molecule has 1 N–H and O–H groups in total. The van der Waals surface area contributed by atoms with Crippen molar-refractivity contribution in [2.45, 2.75) is 52.2 Å². The molecule has 1 fully saturated rings. The molecule has 6 rings (SSSR count). The summed E-state index contributed by atoms with van der Waals surface area (Å²) in [7, 11) is 1.40. The Morgan fingerprint density at radius 2 is 1.65 bits per heavy atom. The molecule has 0 amide bonds. The number of nitrogens with zero attached hydrogens (tertiary/aromatic N) is 3. The van der Waals surface area contributed by atoms with Gasteiger partial charge in [0.15, 0.2) is 0 Å². The van der Waals surface area contributed by atoms with Gasteiger partial charge in [-0.3, -0.25) is 9.20 Å². The van der Waals surface area contributed by atoms with E-state index < -0.39 is 5.82 Å². The lowest BCUT2D eigenvalue weighted by molar-refractivity contribution is -0.139. The van der Waals surface area contributed by atoms with Gasteiger partial charge in [-0.25, -0.2) is 9.37 Å². The quantitative estimate of drug-likeness (QED) is 0.0946. The molecule has 0 unspecified atom stereocenters. The van der Waals surface area contributed by atoms with Crippen molar-refractivity contribution in [1.82, 2.24) is 9.38 Å². The van der Waals surface area contributed by atoms with Gasteiger partial charge in [-0.05, 0) is 80.1 Å². The van der Waals surface area contributed by atoms with Crippen LogP contribution in [0.1, 0.15) is 42.0 Å². The van der Waals surface area contributed by atoms with Gasteiger partial charge in [-0.15, -0.1) is 0 Å². The summed E-state index contributed by atoms with van der Waals surface area (Å²) in [5.41, 5.74) is 6.20. The molecular weight excluding hydrogens is 649 g/mol. The number of hydrogen-bond acceptors (Lipinski definition) is 8. The number of methoxy groups -OCH3 is 1. The highest BCUT2D eigenvalue weighted by Crippen LogP contribution is 2.37. The number of piperidine rings is 1. The number of carbonyl (C=O) groups is 1. The summed E-state index contributed by atoms with van der Waals surface area (Å²) in [6.45, 7) is 9.89. The number of carbonyl (C=O) groups excluding carboxylic acids is 1. The summed E-state index contributed by atoms with van der Waals surface area (Å²) in [5, 5.41) is 10.6. The van der Waals surface area contributed by atoms with Gasteiger partial charge in [0.1, 0.15) is 23.0 Å². The molecule has 0 radical (unpaired) electrons. The predicted octanol–water partition coefficient (Wildman–Crippen LogP) is 7.45. The molecule has 2 aromatic heterocycles. The van der Waals surface area contributed by atoms with E-state index in [2.05, 4.69) is 11.8 Å². The summed E-state index contributed by atoms with van der Waals surface area (Å²) < 4.78 is 39.9. The molecular formula is C41H46FN3O6. The van der Waals surface area contributed by atoms with Crippen LogP contribution in [0.15, 0.2) is 79.0 Å². The third kappa shape index (κ3) is 8.58. The van der Waals surface area contributed by atoms with E-state index in [9.17, 15) is 14.3 Å². The van der Waals surface area contributed by atoms with Gasteiger partial charge in [-0.1, -0.05) is 48.5 Å². The Morgan fingerprint density at radius 1 is 0.922 bits per heavy atom. The second-order valence-electron chi connectivity index (χ2n) is 13.4. The molecule has 3 aromatic carbocycles. The van der Waals surface area contributed by atoms with Crippen LogP contribution in [0.2, 0.25) is 0 Å². The van der Waals surface area contributed by atoms with Crippen molar-refractivity contribution in [1.29, 1.82) is 0 Å². The minimum Gasteiger partial charge on any atom is -0.507 e. The van der Waals surface area contributed by atoms with E-state index in [4.69, 9.17) is 23.9 Å². The van der Waals surface area contributed by atoms with Gasteiger partial charge < -0.3 is 29.0 Å². The first-order valence-corrected chi connectivity index (χ1v) is 17.4. The smallest absolute Gasteiger partial charge is 0.310 e. The van der Waals surface area contributed by atoms with Crippen LogP contribution in [0, 0.1) is 19.7 Å². The minimum absolute atomic E-state index is 0.109. The van der Waals surface area contributed by atoms with E-state index in [0.717, 1.165) is 46.6 Å². The number of pyridine rings is 1. The number of imidazole rings is 1. The molecule has 0 aliphatic carbocycles. The molecule has 3 heterocycles. The number of hydrogen-bond donors (Lipinski definition) is 1. The maximum Gasteiger partial charge on any atom is 0.310 e. The standard InChI is InChI=1S/C41H46FN3O6/c1-28-21-34(42)39(36(46)22-28)32-12-8-11-31(24-32)35-26-45-37(43-35)23-29(2)33(25-38(47)48-4)40(45)44-15-13-41(3,14-16-44)51-20-19-49-17-18-50-27-30-9-6-5-7-10-30/h5-12,21-24,26,46H,13-20,25,27H2,1-4H3. The zero-order valence-electron chi connectivity index (χ0n) is 29.8. The molecule has 0 atom stereocenters. The Morgan fingerprint density at radius 3 is 2.39 bits per heavy atom. The van der Waals surface area contributed by atoms with Gasteiger partial charge in [-0.2, -0.15) is 0 Å². The van der Waals surface area contributed by atoms with E-state index in [1.807, 2.05) is 72.1 Å². The summed E-state index contributed by atoms with van der Waals surface area (Å²) in [4.78, 5) is 19.9. The van der Waals surface area contributed by atoms with Crippen LogP contribution in [0.4, 0.5) is 10.2 Å². The lowest BCUT2D eigenvalue weighted by atomic mass is 9.92.